The van der Waals surface area contributed by atoms with Crippen LogP contribution in [0.1, 0.15) is 5.89 Å². The van der Waals surface area contributed by atoms with Crippen LogP contribution in [0.5, 0.6) is 0 Å². The number of nitrogens with one attached hydrogen (secondary N) is 3. The zero-order valence-corrected chi connectivity index (χ0v) is 18.4. The van der Waals surface area contributed by atoms with Gasteiger partial charge in [-0.1, -0.05) is 23.7 Å². The molecular formula is C21H14ClN5O5S. The van der Waals surface area contributed by atoms with Gasteiger partial charge in [-0.2, -0.15) is 8.42 Å². The predicted molar refractivity (Wildman–Crippen MR) is 123 cm³/mol. The molecule has 0 amide bonds. The van der Waals surface area contributed by atoms with Gasteiger partial charge in [0.2, 0.25) is 0 Å². The van der Waals surface area contributed by atoms with E-state index in [1.54, 1.807) is 19.1 Å². The van der Waals surface area contributed by atoms with E-state index in [1.165, 1.54) is 18.2 Å². The highest BCUT2D eigenvalue weighted by molar-refractivity contribution is 7.92. The molecule has 166 valence electrons. The number of aryl methyl sites for hydroxylation is 1. The standard InChI is InChI=1S/C21H14ClN5O5S/c1-10-23-15-5-2-11(8-17(15)32-10)13-4-3-12(9-14(13)22)27-33(30,31)18-7-6-16-19(25-18)26-21(29)20(28)24-16/h2-9,27H,1H3,(H,24,28)(H,25,26,29). The van der Waals surface area contributed by atoms with Gasteiger partial charge in [-0.05, 0) is 42.0 Å². The molecule has 2 aromatic carbocycles. The van der Waals surface area contributed by atoms with Crippen molar-refractivity contribution in [3.8, 4) is 11.1 Å². The summed E-state index contributed by atoms with van der Waals surface area (Å²) in [5, 5.41) is -0.0248. The molecule has 0 radical (unpaired) electrons. The lowest BCUT2D eigenvalue weighted by atomic mass is 10.0. The number of aromatic nitrogens is 4. The van der Waals surface area contributed by atoms with E-state index in [2.05, 4.69) is 24.7 Å². The summed E-state index contributed by atoms with van der Waals surface area (Å²) in [6.07, 6.45) is 0. The molecule has 0 aliphatic carbocycles. The van der Waals surface area contributed by atoms with Crippen LogP contribution in [0.25, 0.3) is 33.4 Å². The quantitative estimate of drug-likeness (QED) is 0.332. The highest BCUT2D eigenvalue weighted by Gasteiger charge is 2.18. The van der Waals surface area contributed by atoms with Crippen molar-refractivity contribution in [2.75, 3.05) is 4.72 Å². The minimum absolute atomic E-state index is 0.0612. The lowest BCUT2D eigenvalue weighted by Gasteiger charge is -2.10. The second-order valence-electron chi connectivity index (χ2n) is 7.17. The van der Waals surface area contributed by atoms with Crippen molar-refractivity contribution in [2.45, 2.75) is 11.9 Å². The van der Waals surface area contributed by atoms with Gasteiger partial charge in [0.15, 0.2) is 22.1 Å². The summed E-state index contributed by atoms with van der Waals surface area (Å²) in [5.41, 5.74) is 1.38. The van der Waals surface area contributed by atoms with Crippen LogP contribution in [-0.2, 0) is 10.0 Å². The minimum atomic E-state index is -4.11. The van der Waals surface area contributed by atoms with Crippen LogP contribution in [0, 0.1) is 6.92 Å². The zero-order chi connectivity index (χ0) is 23.3. The van der Waals surface area contributed by atoms with Crippen molar-refractivity contribution in [1.29, 1.82) is 0 Å². The average molecular weight is 484 g/mol. The Morgan fingerprint density at radius 1 is 0.970 bits per heavy atom. The summed E-state index contributed by atoms with van der Waals surface area (Å²) in [6.45, 7) is 1.76. The molecule has 0 atom stereocenters. The van der Waals surface area contributed by atoms with Gasteiger partial charge >= 0.3 is 11.1 Å². The number of rotatable bonds is 4. The summed E-state index contributed by atoms with van der Waals surface area (Å²) in [5.74, 6) is 0.552. The van der Waals surface area contributed by atoms with Crippen LogP contribution in [0.2, 0.25) is 5.02 Å². The van der Waals surface area contributed by atoms with Crippen molar-refractivity contribution in [1.82, 2.24) is 19.9 Å². The predicted octanol–water partition coefficient (Wildman–Crippen LogP) is 3.18. The van der Waals surface area contributed by atoms with Crippen molar-refractivity contribution in [3.05, 3.63) is 80.2 Å². The molecule has 3 aromatic heterocycles. The van der Waals surface area contributed by atoms with Crippen LogP contribution in [-0.4, -0.2) is 28.4 Å². The third kappa shape index (κ3) is 3.88. The second kappa shape index (κ2) is 7.57. The molecule has 10 nitrogen and oxygen atoms in total. The third-order valence-corrected chi connectivity index (χ3v) is 6.45. The summed E-state index contributed by atoms with van der Waals surface area (Å²) in [4.78, 5) is 35.7. The number of nitrogens with zero attached hydrogens (tertiary/aromatic N) is 2. The summed E-state index contributed by atoms with van der Waals surface area (Å²) < 4.78 is 33.6. The van der Waals surface area contributed by atoms with Crippen LogP contribution >= 0.6 is 11.6 Å². The van der Waals surface area contributed by atoms with Crippen LogP contribution in [0.3, 0.4) is 0 Å². The molecule has 0 unspecified atom stereocenters. The molecule has 0 aliphatic heterocycles. The smallest absolute Gasteiger partial charge is 0.315 e. The Morgan fingerprint density at radius 3 is 2.55 bits per heavy atom. The van der Waals surface area contributed by atoms with Gasteiger partial charge in [-0.15, -0.1) is 0 Å². The molecule has 12 heteroatoms. The van der Waals surface area contributed by atoms with Crippen molar-refractivity contribution in [2.24, 2.45) is 0 Å². The molecule has 0 fully saturated rings. The fourth-order valence-corrected chi connectivity index (χ4v) is 4.65. The molecule has 3 N–H and O–H groups in total. The molecule has 33 heavy (non-hydrogen) atoms. The van der Waals surface area contributed by atoms with Crippen LogP contribution in [0.15, 0.2) is 67.6 Å². The van der Waals surface area contributed by atoms with Crippen LogP contribution in [0.4, 0.5) is 5.69 Å². The van der Waals surface area contributed by atoms with Gasteiger partial charge in [0.25, 0.3) is 10.0 Å². The van der Waals surface area contributed by atoms with E-state index >= 15 is 0 Å². The van der Waals surface area contributed by atoms with Gasteiger partial charge in [-0.3, -0.25) is 14.3 Å². The lowest BCUT2D eigenvalue weighted by molar-refractivity contribution is 0.561. The first-order valence-electron chi connectivity index (χ1n) is 9.53. The Hall–Kier alpha value is -3.96. The first-order chi connectivity index (χ1) is 15.7. The number of sulfonamides is 1. The van der Waals surface area contributed by atoms with E-state index in [-0.39, 0.29) is 21.9 Å². The van der Waals surface area contributed by atoms with E-state index in [0.29, 0.717) is 22.1 Å². The molecule has 0 saturated carbocycles. The number of hydrogen-bond donors (Lipinski definition) is 3. The third-order valence-electron chi connectivity index (χ3n) is 4.86. The average Bonchev–Trinajstić information content (AvgIpc) is 3.13. The number of fused-ring (bicyclic) bond motifs is 2. The lowest BCUT2D eigenvalue weighted by Crippen LogP contribution is -2.29. The van der Waals surface area contributed by atoms with Crippen LogP contribution < -0.4 is 15.8 Å². The summed E-state index contributed by atoms with van der Waals surface area (Å²) >= 11 is 6.44. The fraction of sp³-hybridized carbons (Fsp3) is 0.0476. The Balaban J connectivity index is 1.46. The van der Waals surface area contributed by atoms with Gasteiger partial charge in [-0.25, -0.2) is 9.97 Å². The zero-order valence-electron chi connectivity index (χ0n) is 16.8. The molecule has 5 aromatic rings. The normalized spacial score (nSPS) is 11.8. The maximum atomic E-state index is 12.8. The number of hydrogen-bond acceptors (Lipinski definition) is 7. The molecule has 0 saturated heterocycles. The molecule has 0 aliphatic rings. The van der Waals surface area contributed by atoms with E-state index in [9.17, 15) is 18.0 Å². The Morgan fingerprint density at radius 2 is 1.76 bits per heavy atom. The van der Waals surface area contributed by atoms with Crippen molar-refractivity contribution >= 4 is 49.6 Å². The van der Waals surface area contributed by atoms with Gasteiger partial charge < -0.3 is 14.4 Å². The molecule has 3 heterocycles. The van der Waals surface area contributed by atoms with E-state index < -0.39 is 21.1 Å². The maximum absolute atomic E-state index is 12.8. The SMILES string of the molecule is Cc1nc2ccc(-c3ccc(NS(=O)(=O)c4ccc5[nH]c(=O)c(=O)[nH]c5n4)cc3Cl)cc2o1. The van der Waals surface area contributed by atoms with Crippen molar-refractivity contribution < 1.29 is 12.8 Å². The number of aromatic amines is 2. The maximum Gasteiger partial charge on any atom is 0.315 e. The Bertz CT molecular complexity index is 1790. The van der Waals surface area contributed by atoms with E-state index in [1.807, 2.05) is 18.2 Å². The summed E-state index contributed by atoms with van der Waals surface area (Å²) in [7, 11) is -4.11. The topological polar surface area (TPSA) is 151 Å². The monoisotopic (exact) mass is 483 g/mol. The van der Waals surface area contributed by atoms with Gasteiger partial charge in [0.05, 0.1) is 16.2 Å². The molecule has 0 bridgehead atoms. The Labute approximate surface area is 190 Å². The molecular weight excluding hydrogens is 470 g/mol. The van der Waals surface area contributed by atoms with E-state index in [0.717, 1.165) is 11.1 Å². The first kappa shape index (κ1) is 20.9. The number of halogens is 1. The van der Waals surface area contributed by atoms with Crippen molar-refractivity contribution in [3.63, 3.8) is 0 Å². The Kier molecular flexibility index (Phi) is 4.80. The number of anilines is 1. The van der Waals surface area contributed by atoms with Gasteiger partial charge in [0.1, 0.15) is 5.52 Å². The highest BCUT2D eigenvalue weighted by Crippen LogP contribution is 2.33. The van der Waals surface area contributed by atoms with Gasteiger partial charge in [0, 0.05) is 12.5 Å². The summed E-state index contributed by atoms with van der Waals surface area (Å²) in [6, 6.07) is 12.7. The number of benzene rings is 2. The van der Waals surface area contributed by atoms with E-state index in [4.69, 9.17) is 16.0 Å². The highest BCUT2D eigenvalue weighted by atomic mass is 35.5. The number of oxazole rings is 1. The minimum Gasteiger partial charge on any atom is -0.441 e. The number of pyridine rings is 1. The second-order valence-corrected chi connectivity index (χ2v) is 9.21. The molecule has 5 rings (SSSR count). The number of H-pyrrole nitrogens is 2. The largest absolute Gasteiger partial charge is 0.441 e. The molecule has 0 spiro atoms. The first-order valence-corrected chi connectivity index (χ1v) is 11.4. The fourth-order valence-electron chi connectivity index (χ4n) is 3.36.